The summed E-state index contributed by atoms with van der Waals surface area (Å²) in [6.45, 7) is 6.90. The van der Waals surface area contributed by atoms with Crippen molar-refractivity contribution < 1.29 is 9.47 Å². The van der Waals surface area contributed by atoms with E-state index in [2.05, 4.69) is 22.9 Å². The number of hydrogen-bond acceptors (Lipinski definition) is 5. The SMILES string of the molecule is CCCOc1ccnc(C#N)c1N1CCOC(C)C1. The molecule has 1 aliphatic heterocycles. The van der Waals surface area contributed by atoms with Gasteiger partial charge >= 0.3 is 0 Å². The number of nitriles is 1. The molecule has 1 fully saturated rings. The van der Waals surface area contributed by atoms with Gasteiger partial charge in [0, 0.05) is 25.4 Å². The lowest BCUT2D eigenvalue weighted by molar-refractivity contribution is 0.0530. The summed E-state index contributed by atoms with van der Waals surface area (Å²) in [4.78, 5) is 6.27. The number of morpholine rings is 1. The first-order valence-corrected chi connectivity index (χ1v) is 6.64. The molecule has 0 aromatic carbocycles. The van der Waals surface area contributed by atoms with Gasteiger partial charge in [-0.25, -0.2) is 4.98 Å². The van der Waals surface area contributed by atoms with Crippen LogP contribution in [-0.4, -0.2) is 37.4 Å². The second-order valence-corrected chi connectivity index (χ2v) is 4.59. The van der Waals surface area contributed by atoms with Crippen molar-refractivity contribution in [3.63, 3.8) is 0 Å². The van der Waals surface area contributed by atoms with Crippen molar-refractivity contribution in [2.75, 3.05) is 31.2 Å². The maximum absolute atomic E-state index is 9.24. The molecule has 0 N–H and O–H groups in total. The van der Waals surface area contributed by atoms with Crippen LogP contribution < -0.4 is 9.64 Å². The molecule has 2 heterocycles. The van der Waals surface area contributed by atoms with E-state index in [1.807, 2.05) is 13.0 Å². The van der Waals surface area contributed by atoms with Gasteiger partial charge in [-0.3, -0.25) is 0 Å². The number of hydrogen-bond donors (Lipinski definition) is 0. The zero-order valence-corrected chi connectivity index (χ0v) is 11.4. The molecule has 0 saturated carbocycles. The van der Waals surface area contributed by atoms with Crippen molar-refractivity contribution in [2.45, 2.75) is 26.4 Å². The molecule has 2 rings (SSSR count). The topological polar surface area (TPSA) is 58.4 Å². The first-order valence-electron chi connectivity index (χ1n) is 6.64. The van der Waals surface area contributed by atoms with Gasteiger partial charge in [-0.2, -0.15) is 5.26 Å². The van der Waals surface area contributed by atoms with Crippen LogP contribution in [0.3, 0.4) is 0 Å². The zero-order chi connectivity index (χ0) is 13.7. The Labute approximate surface area is 113 Å². The molecule has 5 heteroatoms. The van der Waals surface area contributed by atoms with Gasteiger partial charge in [0.1, 0.15) is 17.5 Å². The number of pyridine rings is 1. The molecule has 102 valence electrons. The van der Waals surface area contributed by atoms with Gasteiger partial charge < -0.3 is 14.4 Å². The van der Waals surface area contributed by atoms with Gasteiger partial charge in [-0.1, -0.05) is 6.92 Å². The van der Waals surface area contributed by atoms with Crippen molar-refractivity contribution in [1.82, 2.24) is 4.98 Å². The lowest BCUT2D eigenvalue weighted by atomic mass is 10.2. The summed E-state index contributed by atoms with van der Waals surface area (Å²) in [5, 5.41) is 9.24. The molecule has 0 aliphatic carbocycles. The van der Waals surface area contributed by atoms with E-state index in [1.54, 1.807) is 6.20 Å². The molecule has 0 amide bonds. The highest BCUT2D eigenvalue weighted by Gasteiger charge is 2.23. The van der Waals surface area contributed by atoms with E-state index >= 15 is 0 Å². The summed E-state index contributed by atoms with van der Waals surface area (Å²) in [6, 6.07) is 3.98. The molecule has 1 atom stereocenters. The molecule has 1 unspecified atom stereocenters. The Hall–Kier alpha value is -1.80. The van der Waals surface area contributed by atoms with Gasteiger partial charge in [0.05, 0.1) is 19.3 Å². The number of rotatable bonds is 4. The molecular weight excluding hydrogens is 242 g/mol. The van der Waals surface area contributed by atoms with Crippen molar-refractivity contribution in [1.29, 1.82) is 5.26 Å². The van der Waals surface area contributed by atoms with Crippen LogP contribution in [0.4, 0.5) is 5.69 Å². The lowest BCUT2D eigenvalue weighted by Gasteiger charge is -2.34. The first-order chi connectivity index (χ1) is 9.26. The van der Waals surface area contributed by atoms with Gasteiger partial charge in [0.2, 0.25) is 0 Å². The summed E-state index contributed by atoms with van der Waals surface area (Å²) < 4.78 is 11.3. The lowest BCUT2D eigenvalue weighted by Crippen LogP contribution is -2.41. The van der Waals surface area contributed by atoms with Gasteiger partial charge in [-0.15, -0.1) is 0 Å². The molecule has 1 aromatic heterocycles. The molecule has 0 radical (unpaired) electrons. The van der Waals surface area contributed by atoms with Crippen LogP contribution in [0.5, 0.6) is 5.75 Å². The van der Waals surface area contributed by atoms with E-state index in [-0.39, 0.29) is 6.10 Å². The van der Waals surface area contributed by atoms with Crippen LogP contribution in [0.1, 0.15) is 26.0 Å². The maximum Gasteiger partial charge on any atom is 0.167 e. The van der Waals surface area contributed by atoms with Crippen LogP contribution in [0.2, 0.25) is 0 Å². The molecule has 1 aliphatic rings. The highest BCUT2D eigenvalue weighted by molar-refractivity contribution is 5.65. The Kier molecular flexibility index (Phi) is 4.58. The van der Waals surface area contributed by atoms with Crippen molar-refractivity contribution >= 4 is 5.69 Å². The number of aromatic nitrogens is 1. The monoisotopic (exact) mass is 261 g/mol. The van der Waals surface area contributed by atoms with Crippen LogP contribution in [-0.2, 0) is 4.74 Å². The van der Waals surface area contributed by atoms with Crippen LogP contribution in [0, 0.1) is 11.3 Å². The van der Waals surface area contributed by atoms with Crippen LogP contribution >= 0.6 is 0 Å². The van der Waals surface area contributed by atoms with E-state index in [4.69, 9.17) is 9.47 Å². The van der Waals surface area contributed by atoms with E-state index in [0.717, 1.165) is 30.9 Å². The smallest absolute Gasteiger partial charge is 0.167 e. The summed E-state index contributed by atoms with van der Waals surface area (Å²) >= 11 is 0. The van der Waals surface area contributed by atoms with Gasteiger partial charge in [0.25, 0.3) is 0 Å². The summed E-state index contributed by atoms with van der Waals surface area (Å²) in [5.41, 5.74) is 1.22. The minimum Gasteiger partial charge on any atom is -0.491 e. The van der Waals surface area contributed by atoms with E-state index < -0.39 is 0 Å². The van der Waals surface area contributed by atoms with Crippen LogP contribution in [0.15, 0.2) is 12.3 Å². The minimum atomic E-state index is 0.152. The van der Waals surface area contributed by atoms with Crippen LogP contribution in [0.25, 0.3) is 0 Å². The fourth-order valence-corrected chi connectivity index (χ4v) is 2.17. The third-order valence-corrected chi connectivity index (χ3v) is 3.01. The summed E-state index contributed by atoms with van der Waals surface area (Å²) in [7, 11) is 0. The second-order valence-electron chi connectivity index (χ2n) is 4.59. The highest BCUT2D eigenvalue weighted by atomic mass is 16.5. The number of anilines is 1. The summed E-state index contributed by atoms with van der Waals surface area (Å²) in [5.74, 6) is 0.738. The third-order valence-electron chi connectivity index (χ3n) is 3.01. The summed E-state index contributed by atoms with van der Waals surface area (Å²) in [6.07, 6.45) is 2.71. The van der Waals surface area contributed by atoms with Crippen molar-refractivity contribution in [3.05, 3.63) is 18.0 Å². The van der Waals surface area contributed by atoms with Crippen molar-refractivity contribution in [3.8, 4) is 11.8 Å². The third kappa shape index (κ3) is 3.15. The van der Waals surface area contributed by atoms with Gasteiger partial charge in [0.15, 0.2) is 5.69 Å². The Balaban J connectivity index is 2.32. The average Bonchev–Trinajstić information content (AvgIpc) is 2.44. The number of ether oxygens (including phenoxy) is 2. The van der Waals surface area contributed by atoms with Gasteiger partial charge in [-0.05, 0) is 13.3 Å². The molecular formula is C14H19N3O2. The highest BCUT2D eigenvalue weighted by Crippen LogP contribution is 2.32. The molecule has 5 nitrogen and oxygen atoms in total. The normalized spacial score (nSPS) is 19.0. The Morgan fingerprint density at radius 1 is 1.63 bits per heavy atom. The predicted molar refractivity (Wildman–Crippen MR) is 72.4 cm³/mol. The maximum atomic E-state index is 9.24. The van der Waals surface area contributed by atoms with E-state index in [1.165, 1.54) is 0 Å². The Morgan fingerprint density at radius 3 is 3.16 bits per heavy atom. The zero-order valence-electron chi connectivity index (χ0n) is 11.4. The molecule has 19 heavy (non-hydrogen) atoms. The first kappa shape index (κ1) is 13.6. The average molecular weight is 261 g/mol. The molecule has 1 saturated heterocycles. The number of nitrogens with zero attached hydrogens (tertiary/aromatic N) is 3. The fourth-order valence-electron chi connectivity index (χ4n) is 2.17. The minimum absolute atomic E-state index is 0.152. The second kappa shape index (κ2) is 6.39. The Bertz CT molecular complexity index is 470. The largest absolute Gasteiger partial charge is 0.491 e. The Morgan fingerprint density at radius 2 is 2.47 bits per heavy atom. The molecule has 0 spiro atoms. The van der Waals surface area contributed by atoms with E-state index in [0.29, 0.717) is 18.9 Å². The molecule has 0 bridgehead atoms. The quantitative estimate of drug-likeness (QED) is 0.829. The van der Waals surface area contributed by atoms with Crippen molar-refractivity contribution in [2.24, 2.45) is 0 Å². The predicted octanol–water partition coefficient (Wildman–Crippen LogP) is 1.97. The standard InChI is InChI=1S/C14H19N3O2/c1-3-7-19-13-4-5-16-12(9-15)14(13)17-6-8-18-11(2)10-17/h4-5,11H,3,6-8,10H2,1-2H3. The van der Waals surface area contributed by atoms with E-state index in [9.17, 15) is 5.26 Å². The fraction of sp³-hybridized carbons (Fsp3) is 0.571. The molecule has 1 aromatic rings.